The topological polar surface area (TPSA) is 26.8 Å². The normalized spacial score (nSPS) is 22.7. The molecule has 1 aliphatic heterocycles. The number of urea groups is 1. The summed E-state index contributed by atoms with van der Waals surface area (Å²) in [5, 5.41) is 0. The van der Waals surface area contributed by atoms with Gasteiger partial charge in [-0.15, -0.1) is 0 Å². The van der Waals surface area contributed by atoms with Crippen LogP contribution in [-0.4, -0.2) is 67.0 Å². The molecular formula is C11H23N3O. The van der Waals surface area contributed by atoms with E-state index in [1.165, 1.54) is 0 Å². The molecule has 0 bridgehead atoms. The maximum Gasteiger partial charge on any atom is 0.320 e. The molecule has 0 aliphatic carbocycles. The van der Waals surface area contributed by atoms with Crippen molar-refractivity contribution < 1.29 is 4.79 Å². The van der Waals surface area contributed by atoms with Crippen LogP contribution in [0, 0.1) is 0 Å². The summed E-state index contributed by atoms with van der Waals surface area (Å²) in [5.41, 5.74) is 0. The monoisotopic (exact) mass is 213 g/mol. The highest BCUT2D eigenvalue weighted by atomic mass is 16.2. The van der Waals surface area contributed by atoms with E-state index >= 15 is 0 Å². The summed E-state index contributed by atoms with van der Waals surface area (Å²) in [4.78, 5) is 18.1. The van der Waals surface area contributed by atoms with E-state index in [9.17, 15) is 4.79 Å². The molecule has 1 unspecified atom stereocenters. The van der Waals surface area contributed by atoms with Crippen LogP contribution in [0.1, 0.15) is 20.3 Å². The Morgan fingerprint density at radius 3 is 2.47 bits per heavy atom. The van der Waals surface area contributed by atoms with Crippen LogP contribution in [0.15, 0.2) is 0 Å². The van der Waals surface area contributed by atoms with Gasteiger partial charge >= 0.3 is 6.03 Å². The lowest BCUT2D eigenvalue weighted by Crippen LogP contribution is -2.56. The largest absolute Gasteiger partial charge is 0.325 e. The molecule has 4 heteroatoms. The van der Waals surface area contributed by atoms with Gasteiger partial charge in [0.25, 0.3) is 0 Å². The molecular weight excluding hydrogens is 190 g/mol. The van der Waals surface area contributed by atoms with Crippen LogP contribution in [0.3, 0.4) is 0 Å². The summed E-state index contributed by atoms with van der Waals surface area (Å²) in [5.74, 6) is 0. The predicted molar refractivity (Wildman–Crippen MR) is 62.0 cm³/mol. The third kappa shape index (κ3) is 2.84. The van der Waals surface area contributed by atoms with Crippen LogP contribution in [0.25, 0.3) is 0 Å². The van der Waals surface area contributed by atoms with Gasteiger partial charge in [0.15, 0.2) is 0 Å². The van der Waals surface area contributed by atoms with E-state index < -0.39 is 0 Å². The summed E-state index contributed by atoms with van der Waals surface area (Å²) in [6.07, 6.45) is 1.09. The zero-order valence-corrected chi connectivity index (χ0v) is 10.4. The van der Waals surface area contributed by atoms with Gasteiger partial charge in [0, 0.05) is 32.2 Å². The van der Waals surface area contributed by atoms with Crippen LogP contribution in [0.2, 0.25) is 0 Å². The van der Waals surface area contributed by atoms with Gasteiger partial charge in [0.1, 0.15) is 0 Å². The Morgan fingerprint density at radius 2 is 2.00 bits per heavy atom. The minimum atomic E-state index is 0.207. The van der Waals surface area contributed by atoms with E-state index in [1.807, 2.05) is 16.7 Å². The van der Waals surface area contributed by atoms with E-state index in [-0.39, 0.29) is 6.03 Å². The Morgan fingerprint density at radius 1 is 1.33 bits per heavy atom. The number of amides is 2. The molecule has 2 amide bonds. The molecule has 15 heavy (non-hydrogen) atoms. The molecule has 0 radical (unpaired) electrons. The first-order valence-corrected chi connectivity index (χ1v) is 5.80. The Balaban J connectivity index is 2.64. The lowest BCUT2D eigenvalue weighted by atomic mass is 10.1. The van der Waals surface area contributed by atoms with E-state index in [0.717, 1.165) is 32.6 Å². The third-order valence-electron chi connectivity index (χ3n) is 2.99. The molecule has 88 valence electrons. The number of hydrogen-bond acceptors (Lipinski definition) is 2. The second-order valence-electron chi connectivity index (χ2n) is 4.35. The summed E-state index contributed by atoms with van der Waals surface area (Å²) in [6.45, 7) is 7.61. The molecule has 1 heterocycles. The Labute approximate surface area is 92.8 Å². The number of carbonyl (C=O) groups is 1. The van der Waals surface area contributed by atoms with Crippen LogP contribution >= 0.6 is 0 Å². The summed E-state index contributed by atoms with van der Waals surface area (Å²) >= 11 is 0. The van der Waals surface area contributed by atoms with Crippen molar-refractivity contribution in [1.82, 2.24) is 14.7 Å². The number of rotatable bonds is 4. The Kier molecular flexibility index (Phi) is 4.39. The van der Waals surface area contributed by atoms with Gasteiger partial charge in [0.05, 0.1) is 0 Å². The zero-order valence-electron chi connectivity index (χ0n) is 10.4. The molecule has 1 saturated heterocycles. The molecule has 1 aliphatic rings. The summed E-state index contributed by atoms with van der Waals surface area (Å²) < 4.78 is 0. The van der Waals surface area contributed by atoms with E-state index in [4.69, 9.17) is 0 Å². The van der Waals surface area contributed by atoms with E-state index in [1.54, 1.807) is 0 Å². The van der Waals surface area contributed by atoms with Crippen molar-refractivity contribution in [3.8, 4) is 0 Å². The van der Waals surface area contributed by atoms with Gasteiger partial charge in [0.2, 0.25) is 0 Å². The molecule has 1 rings (SSSR count). The summed E-state index contributed by atoms with van der Waals surface area (Å²) in [6, 6.07) is 0.596. The highest BCUT2D eigenvalue weighted by molar-refractivity contribution is 5.75. The fourth-order valence-corrected chi connectivity index (χ4v) is 2.19. The number of hydrogen-bond donors (Lipinski definition) is 0. The van der Waals surface area contributed by atoms with Crippen molar-refractivity contribution in [2.75, 3.05) is 40.3 Å². The van der Waals surface area contributed by atoms with Crippen LogP contribution in [0.4, 0.5) is 4.79 Å². The standard InChI is InChI=1S/C11H23N3O/c1-5-13-8-7-10(9-12(3)4)14(6-2)11(13)15/h10H,5-9H2,1-4H3. The first-order chi connectivity index (χ1) is 7.10. The highest BCUT2D eigenvalue weighted by Crippen LogP contribution is 2.16. The average molecular weight is 213 g/mol. The zero-order chi connectivity index (χ0) is 11.4. The van der Waals surface area contributed by atoms with Gasteiger partial charge < -0.3 is 14.7 Å². The van der Waals surface area contributed by atoms with Crippen molar-refractivity contribution in [2.24, 2.45) is 0 Å². The maximum absolute atomic E-state index is 12.0. The van der Waals surface area contributed by atoms with E-state index in [0.29, 0.717) is 6.04 Å². The van der Waals surface area contributed by atoms with Gasteiger partial charge in [-0.25, -0.2) is 4.79 Å². The predicted octanol–water partition coefficient (Wildman–Crippen LogP) is 1.08. The van der Waals surface area contributed by atoms with Gasteiger partial charge in [-0.05, 0) is 34.4 Å². The molecule has 0 saturated carbocycles. The highest BCUT2D eigenvalue weighted by Gasteiger charge is 2.31. The summed E-state index contributed by atoms with van der Waals surface area (Å²) in [7, 11) is 4.12. The molecule has 0 aromatic rings. The molecule has 0 aromatic carbocycles. The molecule has 0 N–H and O–H groups in total. The van der Waals surface area contributed by atoms with E-state index in [2.05, 4.69) is 25.9 Å². The van der Waals surface area contributed by atoms with Crippen molar-refractivity contribution >= 4 is 6.03 Å². The lowest BCUT2D eigenvalue weighted by molar-refractivity contribution is 0.0923. The molecule has 0 spiro atoms. The minimum absolute atomic E-state index is 0.207. The molecule has 1 atom stereocenters. The number of carbonyl (C=O) groups excluding carboxylic acids is 1. The Bertz CT molecular complexity index is 218. The van der Waals surface area contributed by atoms with Crippen LogP contribution in [0.5, 0.6) is 0 Å². The second kappa shape index (κ2) is 5.35. The third-order valence-corrected chi connectivity index (χ3v) is 2.99. The van der Waals surface area contributed by atoms with Gasteiger partial charge in [-0.1, -0.05) is 0 Å². The van der Waals surface area contributed by atoms with Crippen molar-refractivity contribution in [3.05, 3.63) is 0 Å². The first kappa shape index (κ1) is 12.3. The fraction of sp³-hybridized carbons (Fsp3) is 0.909. The smallest absolute Gasteiger partial charge is 0.320 e. The van der Waals surface area contributed by atoms with Crippen LogP contribution in [-0.2, 0) is 0 Å². The number of likely N-dealkylation sites (N-methyl/N-ethyl adjacent to an activating group) is 2. The van der Waals surface area contributed by atoms with Crippen molar-refractivity contribution in [3.63, 3.8) is 0 Å². The Hall–Kier alpha value is -0.770. The lowest BCUT2D eigenvalue weighted by Gasteiger charge is -2.41. The average Bonchev–Trinajstić information content (AvgIpc) is 2.18. The maximum atomic E-state index is 12.0. The van der Waals surface area contributed by atoms with Gasteiger partial charge in [-0.2, -0.15) is 0 Å². The molecule has 4 nitrogen and oxygen atoms in total. The second-order valence-corrected chi connectivity index (χ2v) is 4.35. The first-order valence-electron chi connectivity index (χ1n) is 5.80. The molecule has 1 fully saturated rings. The minimum Gasteiger partial charge on any atom is -0.325 e. The van der Waals surface area contributed by atoms with Gasteiger partial charge in [-0.3, -0.25) is 0 Å². The van der Waals surface area contributed by atoms with Crippen molar-refractivity contribution in [2.45, 2.75) is 26.3 Å². The quantitative estimate of drug-likeness (QED) is 0.699. The van der Waals surface area contributed by atoms with Crippen LogP contribution < -0.4 is 0 Å². The fourth-order valence-electron chi connectivity index (χ4n) is 2.19. The van der Waals surface area contributed by atoms with Crippen molar-refractivity contribution in [1.29, 1.82) is 0 Å². The molecule has 0 aromatic heterocycles. The number of nitrogens with zero attached hydrogens (tertiary/aromatic N) is 3. The SMILES string of the molecule is CCN1CCC(CN(C)C)N(CC)C1=O.